The summed E-state index contributed by atoms with van der Waals surface area (Å²) in [5.74, 6) is -1.28. The summed E-state index contributed by atoms with van der Waals surface area (Å²) in [4.78, 5) is 53.4. The summed E-state index contributed by atoms with van der Waals surface area (Å²) in [6, 6.07) is 6.06. The average Bonchev–Trinajstić information content (AvgIpc) is 3.16. The maximum atomic E-state index is 13.2. The Kier molecular flexibility index (Phi) is 7.04. The van der Waals surface area contributed by atoms with Crippen molar-refractivity contribution in [1.29, 1.82) is 0 Å². The normalized spacial score (nSPS) is 22.4. The van der Waals surface area contributed by atoms with E-state index >= 15 is 0 Å². The lowest BCUT2D eigenvalue weighted by Gasteiger charge is -2.35. The topological polar surface area (TPSA) is 115 Å². The van der Waals surface area contributed by atoms with Crippen LogP contribution < -0.4 is 0 Å². The van der Waals surface area contributed by atoms with Crippen molar-refractivity contribution in [3.8, 4) is 0 Å². The summed E-state index contributed by atoms with van der Waals surface area (Å²) in [6.45, 7) is 3.25. The van der Waals surface area contributed by atoms with Gasteiger partial charge in [0, 0.05) is 57.2 Å². The molecule has 1 aromatic carbocycles. The van der Waals surface area contributed by atoms with Gasteiger partial charge < -0.3 is 9.80 Å². The molecular formula is C23H30N4O6S. The van der Waals surface area contributed by atoms with E-state index in [2.05, 4.69) is 0 Å². The molecule has 3 heterocycles. The third-order valence-corrected chi connectivity index (χ3v) is 8.81. The first-order valence-corrected chi connectivity index (χ1v) is 13.1. The number of hydrogen-bond acceptors (Lipinski definition) is 6. The second-order valence-corrected chi connectivity index (χ2v) is 10.9. The number of piperazine rings is 1. The van der Waals surface area contributed by atoms with Gasteiger partial charge in [-0.05, 0) is 38.0 Å². The van der Waals surface area contributed by atoms with Gasteiger partial charge in [0.15, 0.2) is 0 Å². The molecular weight excluding hydrogens is 460 g/mol. The van der Waals surface area contributed by atoms with Crippen molar-refractivity contribution < 1.29 is 27.6 Å². The zero-order chi connectivity index (χ0) is 24.5. The highest BCUT2D eigenvalue weighted by atomic mass is 32.2. The number of likely N-dealkylation sites (tertiary alicyclic amines) is 1. The number of amides is 4. The fourth-order valence-corrected chi connectivity index (χ4v) is 6.48. The summed E-state index contributed by atoms with van der Waals surface area (Å²) in [7, 11) is -3.69. The summed E-state index contributed by atoms with van der Waals surface area (Å²) < 4.78 is 27.8. The van der Waals surface area contributed by atoms with Gasteiger partial charge in [-0.3, -0.25) is 24.1 Å². The van der Waals surface area contributed by atoms with Gasteiger partial charge in [-0.25, -0.2) is 8.42 Å². The highest BCUT2D eigenvalue weighted by Crippen LogP contribution is 2.26. The zero-order valence-corrected chi connectivity index (χ0v) is 20.1. The number of carbonyl (C=O) groups excluding carboxylic acids is 4. The molecule has 0 aliphatic carbocycles. The Morgan fingerprint density at radius 2 is 1.59 bits per heavy atom. The van der Waals surface area contributed by atoms with Crippen LogP contribution in [0.3, 0.4) is 0 Å². The first kappa shape index (κ1) is 24.3. The molecule has 4 rings (SSSR count). The molecule has 0 N–H and O–H groups in total. The molecule has 3 aliphatic rings. The van der Waals surface area contributed by atoms with E-state index < -0.39 is 10.0 Å². The first-order chi connectivity index (χ1) is 16.2. The monoisotopic (exact) mass is 490 g/mol. The van der Waals surface area contributed by atoms with Crippen molar-refractivity contribution >= 4 is 33.7 Å². The Hall–Kier alpha value is -2.79. The Morgan fingerprint density at radius 3 is 2.24 bits per heavy atom. The Balaban J connectivity index is 1.38. The zero-order valence-electron chi connectivity index (χ0n) is 19.3. The van der Waals surface area contributed by atoms with Gasteiger partial charge >= 0.3 is 0 Å². The van der Waals surface area contributed by atoms with Crippen LogP contribution in [0.1, 0.15) is 49.4 Å². The largest absolute Gasteiger partial charge is 0.338 e. The van der Waals surface area contributed by atoms with Crippen LogP contribution in [0.25, 0.3) is 0 Å². The SMILES string of the molecule is CC1CCCCN1S(=O)(=O)c1cccc(C(=O)N2CCN(C(=O)CN3C(=O)CCC3=O)CC2)c1. The summed E-state index contributed by atoms with van der Waals surface area (Å²) >= 11 is 0. The molecule has 3 fully saturated rings. The van der Waals surface area contributed by atoms with Gasteiger partial charge in [-0.15, -0.1) is 0 Å². The van der Waals surface area contributed by atoms with Crippen molar-refractivity contribution in [2.45, 2.75) is 50.0 Å². The number of benzene rings is 1. The molecule has 0 aromatic heterocycles. The van der Waals surface area contributed by atoms with Crippen LogP contribution in [-0.4, -0.2) is 96.4 Å². The smallest absolute Gasteiger partial charge is 0.254 e. The van der Waals surface area contributed by atoms with E-state index in [1.807, 2.05) is 6.92 Å². The number of piperidine rings is 1. The summed E-state index contributed by atoms with van der Waals surface area (Å²) in [6.07, 6.45) is 2.93. The first-order valence-electron chi connectivity index (χ1n) is 11.7. The van der Waals surface area contributed by atoms with Crippen LogP contribution >= 0.6 is 0 Å². The molecule has 0 bridgehead atoms. The molecule has 0 spiro atoms. The third-order valence-electron chi connectivity index (χ3n) is 6.80. The standard InChI is InChI=1S/C23H30N4O6S/c1-17-5-2-3-10-27(17)34(32,33)19-7-4-6-18(15-19)23(31)25-13-11-24(12-14-25)22(30)16-26-20(28)8-9-21(26)29/h4,6-7,15,17H,2-3,5,8-14,16H2,1H3. The lowest BCUT2D eigenvalue weighted by molar-refractivity contribution is -0.146. The molecule has 0 radical (unpaired) electrons. The minimum Gasteiger partial charge on any atom is -0.338 e. The molecule has 3 saturated heterocycles. The second kappa shape index (κ2) is 9.83. The van der Waals surface area contributed by atoms with Crippen LogP contribution in [0.4, 0.5) is 0 Å². The van der Waals surface area contributed by atoms with Crippen LogP contribution in [0.15, 0.2) is 29.2 Å². The van der Waals surface area contributed by atoms with E-state index in [0.29, 0.717) is 12.1 Å². The van der Waals surface area contributed by atoms with Crippen LogP contribution in [0, 0.1) is 0 Å². The van der Waals surface area contributed by atoms with Gasteiger partial charge in [0.2, 0.25) is 27.7 Å². The molecule has 34 heavy (non-hydrogen) atoms. The van der Waals surface area contributed by atoms with Crippen LogP contribution in [-0.2, 0) is 24.4 Å². The van der Waals surface area contributed by atoms with E-state index in [4.69, 9.17) is 0 Å². The predicted octanol–water partition coefficient (Wildman–Crippen LogP) is 0.683. The number of nitrogens with zero attached hydrogens (tertiary/aromatic N) is 4. The third kappa shape index (κ3) is 4.85. The lowest BCUT2D eigenvalue weighted by atomic mass is 10.1. The number of hydrogen-bond donors (Lipinski definition) is 0. The van der Waals surface area contributed by atoms with Crippen LogP contribution in [0.5, 0.6) is 0 Å². The molecule has 1 atom stereocenters. The van der Waals surface area contributed by atoms with E-state index in [9.17, 15) is 27.6 Å². The Bertz CT molecular complexity index is 1080. The van der Waals surface area contributed by atoms with Crippen molar-refractivity contribution in [3.63, 3.8) is 0 Å². The number of rotatable bonds is 5. The molecule has 1 aromatic rings. The van der Waals surface area contributed by atoms with E-state index in [0.717, 1.165) is 24.2 Å². The molecule has 1 unspecified atom stereocenters. The second-order valence-electron chi connectivity index (χ2n) is 9.04. The van der Waals surface area contributed by atoms with Gasteiger partial charge in [-0.2, -0.15) is 4.31 Å². The molecule has 184 valence electrons. The summed E-state index contributed by atoms with van der Waals surface area (Å²) in [5.41, 5.74) is 0.291. The van der Waals surface area contributed by atoms with Gasteiger partial charge in [0.25, 0.3) is 5.91 Å². The fraction of sp³-hybridized carbons (Fsp3) is 0.565. The molecule has 4 amide bonds. The van der Waals surface area contributed by atoms with Crippen molar-refractivity contribution in [2.75, 3.05) is 39.3 Å². The van der Waals surface area contributed by atoms with E-state index in [1.165, 1.54) is 16.4 Å². The van der Waals surface area contributed by atoms with E-state index in [-0.39, 0.29) is 80.1 Å². The Labute approximate surface area is 199 Å². The highest BCUT2D eigenvalue weighted by molar-refractivity contribution is 7.89. The van der Waals surface area contributed by atoms with Crippen LogP contribution in [0.2, 0.25) is 0 Å². The van der Waals surface area contributed by atoms with Crippen molar-refractivity contribution in [3.05, 3.63) is 29.8 Å². The predicted molar refractivity (Wildman–Crippen MR) is 122 cm³/mol. The number of carbonyl (C=O) groups is 4. The quantitative estimate of drug-likeness (QED) is 0.561. The van der Waals surface area contributed by atoms with Gasteiger partial charge in [-0.1, -0.05) is 12.5 Å². The maximum Gasteiger partial charge on any atom is 0.254 e. The van der Waals surface area contributed by atoms with E-state index in [1.54, 1.807) is 21.9 Å². The maximum absolute atomic E-state index is 13.2. The molecule has 3 aliphatic heterocycles. The number of imide groups is 1. The minimum atomic E-state index is -3.69. The summed E-state index contributed by atoms with van der Waals surface area (Å²) in [5, 5.41) is 0. The lowest BCUT2D eigenvalue weighted by Crippen LogP contribution is -2.53. The molecule has 0 saturated carbocycles. The van der Waals surface area contributed by atoms with Crippen molar-refractivity contribution in [2.24, 2.45) is 0 Å². The number of sulfonamides is 1. The van der Waals surface area contributed by atoms with Gasteiger partial charge in [0.05, 0.1) is 4.90 Å². The molecule has 10 nitrogen and oxygen atoms in total. The average molecular weight is 491 g/mol. The highest BCUT2D eigenvalue weighted by Gasteiger charge is 2.34. The van der Waals surface area contributed by atoms with Gasteiger partial charge in [0.1, 0.15) is 6.54 Å². The Morgan fingerprint density at radius 1 is 0.941 bits per heavy atom. The fourth-order valence-electron chi connectivity index (χ4n) is 4.73. The van der Waals surface area contributed by atoms with Crippen molar-refractivity contribution in [1.82, 2.24) is 19.0 Å². The molecule has 11 heteroatoms. The minimum absolute atomic E-state index is 0.0742.